The molecule has 0 radical (unpaired) electrons. The van der Waals surface area contributed by atoms with E-state index < -0.39 is 5.91 Å². The first-order chi connectivity index (χ1) is 8.56. The highest BCUT2D eigenvalue weighted by atomic mass is 16.2. The average Bonchev–Trinajstić information content (AvgIpc) is 2.61. The third-order valence-corrected chi connectivity index (χ3v) is 2.76. The maximum absolute atomic E-state index is 11.9. The summed E-state index contributed by atoms with van der Waals surface area (Å²) < 4.78 is 1.38. The van der Waals surface area contributed by atoms with Gasteiger partial charge in [-0.2, -0.15) is 5.10 Å². The summed E-state index contributed by atoms with van der Waals surface area (Å²) in [4.78, 5) is 22.6. The second-order valence-corrected chi connectivity index (χ2v) is 4.18. The van der Waals surface area contributed by atoms with Crippen LogP contribution in [-0.2, 0) is 16.1 Å². The van der Waals surface area contributed by atoms with Crippen LogP contribution < -0.4 is 16.4 Å². The SMILES string of the molecule is CC(C(=O)Nc1cnn(CC(N)=O)c1)=C1CNC1. The number of carbonyl (C=O) groups is 2. The van der Waals surface area contributed by atoms with Crippen LogP contribution in [-0.4, -0.2) is 34.7 Å². The molecule has 0 spiro atoms. The molecule has 2 heterocycles. The van der Waals surface area contributed by atoms with Crippen LogP contribution in [0.15, 0.2) is 23.5 Å². The molecule has 0 unspecified atom stereocenters. The Hall–Kier alpha value is -2.15. The molecule has 96 valence electrons. The Balaban J connectivity index is 1.99. The van der Waals surface area contributed by atoms with E-state index >= 15 is 0 Å². The minimum Gasteiger partial charge on any atom is -0.368 e. The number of nitrogens with two attached hydrogens (primary N) is 1. The van der Waals surface area contributed by atoms with Gasteiger partial charge >= 0.3 is 0 Å². The molecule has 0 saturated carbocycles. The Bertz CT molecular complexity index is 511. The maximum Gasteiger partial charge on any atom is 0.251 e. The van der Waals surface area contributed by atoms with Crippen LogP contribution in [0.4, 0.5) is 5.69 Å². The summed E-state index contributed by atoms with van der Waals surface area (Å²) in [6.45, 7) is 3.32. The van der Waals surface area contributed by atoms with Crippen LogP contribution in [0.2, 0.25) is 0 Å². The van der Waals surface area contributed by atoms with Crippen molar-refractivity contribution in [2.24, 2.45) is 5.73 Å². The lowest BCUT2D eigenvalue weighted by atomic mass is 10.0. The van der Waals surface area contributed by atoms with Crippen LogP contribution in [0, 0.1) is 0 Å². The molecule has 18 heavy (non-hydrogen) atoms. The standard InChI is InChI=1S/C11H15N5O2/c1-7(8-2-13-3-8)11(18)15-9-4-14-16(5-9)6-10(12)17/h4-5,13H,2-3,6H2,1H3,(H2,12,17)(H,15,18). The molecule has 0 aromatic carbocycles. The van der Waals surface area contributed by atoms with Crippen molar-refractivity contribution < 1.29 is 9.59 Å². The van der Waals surface area contributed by atoms with E-state index in [1.54, 1.807) is 13.1 Å². The zero-order valence-corrected chi connectivity index (χ0v) is 10.1. The third-order valence-electron chi connectivity index (χ3n) is 2.76. The van der Waals surface area contributed by atoms with Gasteiger partial charge in [0.25, 0.3) is 5.91 Å². The van der Waals surface area contributed by atoms with Crippen molar-refractivity contribution in [2.75, 3.05) is 18.4 Å². The van der Waals surface area contributed by atoms with E-state index in [9.17, 15) is 9.59 Å². The molecule has 2 amide bonds. The summed E-state index contributed by atoms with van der Waals surface area (Å²) in [7, 11) is 0. The van der Waals surface area contributed by atoms with Gasteiger partial charge in [-0.05, 0) is 12.5 Å². The van der Waals surface area contributed by atoms with Crippen molar-refractivity contribution >= 4 is 17.5 Å². The van der Waals surface area contributed by atoms with Gasteiger partial charge in [0.15, 0.2) is 0 Å². The number of aromatic nitrogens is 2. The lowest BCUT2D eigenvalue weighted by molar-refractivity contribution is -0.118. The summed E-state index contributed by atoms with van der Waals surface area (Å²) in [6.07, 6.45) is 3.05. The molecular formula is C11H15N5O2. The molecule has 1 aromatic rings. The average molecular weight is 249 g/mol. The summed E-state index contributed by atoms with van der Waals surface area (Å²) >= 11 is 0. The fourth-order valence-electron chi connectivity index (χ4n) is 1.57. The lowest BCUT2D eigenvalue weighted by Crippen LogP contribution is -2.36. The number of hydrogen-bond donors (Lipinski definition) is 3. The molecule has 1 aliphatic heterocycles. The Morgan fingerprint density at radius 1 is 1.56 bits per heavy atom. The van der Waals surface area contributed by atoms with Gasteiger partial charge in [-0.15, -0.1) is 0 Å². The second-order valence-electron chi connectivity index (χ2n) is 4.18. The topological polar surface area (TPSA) is 102 Å². The zero-order valence-electron chi connectivity index (χ0n) is 10.1. The van der Waals surface area contributed by atoms with E-state index in [1.807, 2.05) is 0 Å². The summed E-state index contributed by atoms with van der Waals surface area (Å²) in [6, 6.07) is 0. The van der Waals surface area contributed by atoms with Crippen LogP contribution in [0.1, 0.15) is 6.92 Å². The van der Waals surface area contributed by atoms with Gasteiger partial charge in [0.1, 0.15) is 6.54 Å². The minimum atomic E-state index is -0.477. The monoisotopic (exact) mass is 249 g/mol. The van der Waals surface area contributed by atoms with E-state index in [0.29, 0.717) is 5.69 Å². The molecule has 0 atom stereocenters. The first-order valence-electron chi connectivity index (χ1n) is 5.57. The van der Waals surface area contributed by atoms with Gasteiger partial charge in [0.05, 0.1) is 11.9 Å². The van der Waals surface area contributed by atoms with E-state index in [1.165, 1.54) is 10.9 Å². The molecule has 2 rings (SSSR count). The number of nitrogens with zero attached hydrogens (tertiary/aromatic N) is 2. The molecule has 0 bridgehead atoms. The highest BCUT2D eigenvalue weighted by molar-refractivity contribution is 6.03. The predicted octanol–water partition coefficient (Wildman–Crippen LogP) is -0.773. The predicted molar refractivity (Wildman–Crippen MR) is 65.6 cm³/mol. The van der Waals surface area contributed by atoms with Gasteiger partial charge < -0.3 is 16.4 Å². The summed E-state index contributed by atoms with van der Waals surface area (Å²) in [5, 5.41) is 9.73. The van der Waals surface area contributed by atoms with Crippen LogP contribution >= 0.6 is 0 Å². The lowest BCUT2D eigenvalue weighted by Gasteiger charge is -2.21. The van der Waals surface area contributed by atoms with E-state index in [0.717, 1.165) is 24.2 Å². The van der Waals surface area contributed by atoms with E-state index in [2.05, 4.69) is 15.7 Å². The number of carbonyl (C=O) groups excluding carboxylic acids is 2. The van der Waals surface area contributed by atoms with Crippen LogP contribution in [0.25, 0.3) is 0 Å². The highest BCUT2D eigenvalue weighted by Crippen LogP contribution is 2.12. The van der Waals surface area contributed by atoms with E-state index in [-0.39, 0.29) is 12.5 Å². The van der Waals surface area contributed by atoms with Crippen molar-refractivity contribution in [3.63, 3.8) is 0 Å². The number of primary amides is 1. The summed E-state index contributed by atoms with van der Waals surface area (Å²) in [5.41, 5.74) is 7.42. The molecule has 1 aromatic heterocycles. The fourth-order valence-corrected chi connectivity index (χ4v) is 1.57. The molecule has 0 aliphatic carbocycles. The van der Waals surface area contributed by atoms with Gasteiger partial charge in [-0.3, -0.25) is 14.3 Å². The number of anilines is 1. The molecular weight excluding hydrogens is 234 g/mol. The van der Waals surface area contributed by atoms with Crippen molar-refractivity contribution in [2.45, 2.75) is 13.5 Å². The number of rotatable bonds is 4. The van der Waals surface area contributed by atoms with Crippen molar-refractivity contribution in [3.05, 3.63) is 23.5 Å². The van der Waals surface area contributed by atoms with Gasteiger partial charge in [0, 0.05) is 24.9 Å². The Morgan fingerprint density at radius 2 is 2.28 bits per heavy atom. The zero-order chi connectivity index (χ0) is 13.1. The normalized spacial score (nSPS) is 13.9. The molecule has 7 nitrogen and oxygen atoms in total. The van der Waals surface area contributed by atoms with Crippen molar-refractivity contribution in [3.8, 4) is 0 Å². The van der Waals surface area contributed by atoms with Gasteiger partial charge in [-0.25, -0.2) is 0 Å². The number of hydrogen-bond acceptors (Lipinski definition) is 4. The van der Waals surface area contributed by atoms with Crippen molar-refractivity contribution in [1.29, 1.82) is 0 Å². The van der Waals surface area contributed by atoms with Crippen molar-refractivity contribution in [1.82, 2.24) is 15.1 Å². The van der Waals surface area contributed by atoms with Gasteiger partial charge in [-0.1, -0.05) is 0 Å². The molecule has 1 fully saturated rings. The molecule has 7 heteroatoms. The van der Waals surface area contributed by atoms with E-state index in [4.69, 9.17) is 5.73 Å². The number of nitrogens with one attached hydrogen (secondary N) is 2. The fraction of sp³-hybridized carbons (Fsp3) is 0.364. The number of amides is 2. The maximum atomic E-state index is 11.9. The van der Waals surface area contributed by atoms with Crippen LogP contribution in [0.3, 0.4) is 0 Å². The molecule has 1 aliphatic rings. The first-order valence-corrected chi connectivity index (χ1v) is 5.57. The molecule has 4 N–H and O–H groups in total. The minimum absolute atomic E-state index is 0.000137. The Kier molecular flexibility index (Phi) is 3.42. The summed E-state index contributed by atoms with van der Waals surface area (Å²) in [5.74, 6) is -0.625. The first kappa shape index (κ1) is 12.3. The Morgan fingerprint density at radius 3 is 2.83 bits per heavy atom. The van der Waals surface area contributed by atoms with Crippen LogP contribution in [0.5, 0.6) is 0 Å². The largest absolute Gasteiger partial charge is 0.368 e. The molecule has 1 saturated heterocycles. The Labute approximate surface area is 104 Å². The van der Waals surface area contributed by atoms with Gasteiger partial charge in [0.2, 0.25) is 5.91 Å². The smallest absolute Gasteiger partial charge is 0.251 e. The highest BCUT2D eigenvalue weighted by Gasteiger charge is 2.16. The third kappa shape index (κ3) is 2.75. The second kappa shape index (κ2) is 5.01. The quantitative estimate of drug-likeness (QED) is 0.609.